The number of fused-ring (bicyclic) bond motifs is 1. The van der Waals surface area contributed by atoms with Crippen molar-refractivity contribution in [3.8, 4) is 11.5 Å². The zero-order valence-corrected chi connectivity index (χ0v) is 22.1. The molecule has 2 aromatic heterocycles. The minimum atomic E-state index is 0.345. The van der Waals surface area contributed by atoms with Crippen LogP contribution in [0.5, 0.6) is 11.5 Å². The van der Waals surface area contributed by atoms with E-state index in [4.69, 9.17) is 19.4 Å². The Morgan fingerprint density at radius 3 is 2.59 bits per heavy atom. The Balaban J connectivity index is 1.41. The lowest BCUT2D eigenvalue weighted by Gasteiger charge is -2.25. The average Bonchev–Trinajstić information content (AvgIpc) is 3.39. The maximum absolute atomic E-state index is 5.53. The van der Waals surface area contributed by atoms with Crippen LogP contribution < -0.4 is 36.1 Å². The molecular formula is C25H40N10O2. The Morgan fingerprint density at radius 2 is 1.81 bits per heavy atom. The third-order valence-electron chi connectivity index (χ3n) is 6.42. The van der Waals surface area contributed by atoms with Gasteiger partial charge in [-0.15, -0.1) is 5.10 Å². The minimum Gasteiger partial charge on any atom is -0.493 e. The number of hydrogen-bond acceptors (Lipinski definition) is 11. The minimum absolute atomic E-state index is 0.345. The summed E-state index contributed by atoms with van der Waals surface area (Å²) in [5, 5.41) is 26.4. The van der Waals surface area contributed by atoms with Gasteiger partial charge in [-0.3, -0.25) is 4.68 Å². The normalized spacial score (nSPS) is 14.1. The number of ether oxygens (including phenoxy) is 2. The Bertz CT molecular complexity index is 1120. The van der Waals surface area contributed by atoms with Crippen molar-refractivity contribution in [1.82, 2.24) is 40.9 Å². The second-order valence-electron chi connectivity index (χ2n) is 9.18. The van der Waals surface area contributed by atoms with E-state index in [1.165, 1.54) is 0 Å². The van der Waals surface area contributed by atoms with Crippen LogP contribution in [0.4, 0.5) is 11.8 Å². The molecule has 0 atom stereocenters. The molecule has 37 heavy (non-hydrogen) atoms. The van der Waals surface area contributed by atoms with Crippen molar-refractivity contribution in [3.63, 3.8) is 0 Å². The second-order valence-corrected chi connectivity index (χ2v) is 9.18. The van der Waals surface area contributed by atoms with E-state index in [9.17, 15) is 0 Å². The maximum Gasteiger partial charge on any atom is 0.225 e. The van der Waals surface area contributed by atoms with E-state index in [1.807, 2.05) is 30.1 Å². The summed E-state index contributed by atoms with van der Waals surface area (Å²) in [6.45, 7) is 6.30. The summed E-state index contributed by atoms with van der Waals surface area (Å²) in [4.78, 5) is 9.57. The van der Waals surface area contributed by atoms with Gasteiger partial charge in [0.25, 0.3) is 0 Å². The molecule has 4 rings (SSSR count). The number of nitrogens with one attached hydrogen (secondary N) is 5. The number of anilines is 2. The van der Waals surface area contributed by atoms with Crippen LogP contribution in [0.2, 0.25) is 0 Å². The van der Waals surface area contributed by atoms with E-state index in [0.717, 1.165) is 87.4 Å². The first-order chi connectivity index (χ1) is 18.2. The molecule has 0 aliphatic carbocycles. The molecular weight excluding hydrogens is 472 g/mol. The molecule has 1 aliphatic heterocycles. The van der Waals surface area contributed by atoms with Gasteiger partial charge in [0.15, 0.2) is 11.5 Å². The summed E-state index contributed by atoms with van der Waals surface area (Å²) in [6, 6.07) is 4.17. The van der Waals surface area contributed by atoms with Crippen molar-refractivity contribution >= 4 is 22.7 Å². The van der Waals surface area contributed by atoms with Gasteiger partial charge in [0.1, 0.15) is 11.5 Å². The molecule has 3 aromatic rings. The fourth-order valence-corrected chi connectivity index (χ4v) is 4.38. The molecule has 5 N–H and O–H groups in total. The van der Waals surface area contributed by atoms with E-state index in [1.54, 1.807) is 14.2 Å². The van der Waals surface area contributed by atoms with E-state index in [2.05, 4.69) is 36.9 Å². The standard InChI is InChI=1S/C25H40N10O2/c1-26-8-4-9-27-10-5-13-35-17-19(33-34-35)16-29-25-31-21-15-23(37-3)22(36-2)14-20(21)24(32-25)30-18-6-11-28-12-7-18/h14-15,17-18,26-28H,4-13,16H2,1-3H3,(H2,29,30,31,32). The van der Waals surface area contributed by atoms with E-state index in [-0.39, 0.29) is 0 Å². The van der Waals surface area contributed by atoms with Gasteiger partial charge in [0.05, 0.1) is 32.5 Å². The average molecular weight is 513 g/mol. The van der Waals surface area contributed by atoms with Gasteiger partial charge in [0.2, 0.25) is 5.95 Å². The molecule has 0 unspecified atom stereocenters. The monoisotopic (exact) mass is 512 g/mol. The molecule has 0 saturated carbocycles. The summed E-state index contributed by atoms with van der Waals surface area (Å²) >= 11 is 0. The van der Waals surface area contributed by atoms with Crippen molar-refractivity contribution in [2.45, 2.75) is 44.8 Å². The van der Waals surface area contributed by atoms with Crippen LogP contribution in [-0.2, 0) is 13.1 Å². The molecule has 12 nitrogen and oxygen atoms in total. The summed E-state index contributed by atoms with van der Waals surface area (Å²) < 4.78 is 12.9. The molecule has 12 heteroatoms. The van der Waals surface area contributed by atoms with Gasteiger partial charge in [-0.25, -0.2) is 4.98 Å². The Morgan fingerprint density at radius 1 is 1.03 bits per heavy atom. The quantitative estimate of drug-likeness (QED) is 0.190. The Hall–Kier alpha value is -3.22. The number of benzene rings is 1. The van der Waals surface area contributed by atoms with Crippen molar-refractivity contribution in [3.05, 3.63) is 24.0 Å². The highest BCUT2D eigenvalue weighted by molar-refractivity contribution is 5.92. The topological polar surface area (TPSA) is 135 Å². The zero-order chi connectivity index (χ0) is 25.9. The SMILES string of the molecule is CNCCCNCCCn1cc(CNc2nc(NC3CCNCC3)c3cc(OC)c(OC)cc3n2)nn1. The van der Waals surface area contributed by atoms with E-state index in [0.29, 0.717) is 30.0 Å². The third-order valence-corrected chi connectivity index (χ3v) is 6.42. The molecule has 1 saturated heterocycles. The molecule has 202 valence electrons. The number of piperidine rings is 1. The van der Waals surface area contributed by atoms with E-state index >= 15 is 0 Å². The summed E-state index contributed by atoms with van der Waals surface area (Å²) in [5.74, 6) is 2.59. The first-order valence-electron chi connectivity index (χ1n) is 13.1. The number of methoxy groups -OCH3 is 2. The summed E-state index contributed by atoms with van der Waals surface area (Å²) in [6.07, 6.45) is 6.17. The lowest BCUT2D eigenvalue weighted by Crippen LogP contribution is -2.35. The number of hydrogen-bond donors (Lipinski definition) is 5. The fourth-order valence-electron chi connectivity index (χ4n) is 4.38. The van der Waals surface area contributed by atoms with Crippen molar-refractivity contribution < 1.29 is 9.47 Å². The highest BCUT2D eigenvalue weighted by Gasteiger charge is 2.18. The zero-order valence-electron chi connectivity index (χ0n) is 22.1. The van der Waals surface area contributed by atoms with Crippen LogP contribution in [0.25, 0.3) is 10.9 Å². The summed E-state index contributed by atoms with van der Waals surface area (Å²) in [7, 11) is 5.24. The van der Waals surface area contributed by atoms with Gasteiger partial charge < -0.3 is 36.1 Å². The number of rotatable bonds is 15. The lowest BCUT2D eigenvalue weighted by molar-refractivity contribution is 0.356. The molecule has 1 fully saturated rings. The van der Waals surface area contributed by atoms with Crippen LogP contribution >= 0.6 is 0 Å². The highest BCUT2D eigenvalue weighted by Crippen LogP contribution is 2.35. The maximum atomic E-state index is 5.53. The van der Waals surface area contributed by atoms with Crippen molar-refractivity contribution in [2.75, 3.05) is 64.6 Å². The third kappa shape index (κ3) is 7.63. The first-order valence-corrected chi connectivity index (χ1v) is 13.1. The van der Waals surface area contributed by atoms with Gasteiger partial charge in [-0.2, -0.15) is 4.98 Å². The first kappa shape index (κ1) is 26.8. The van der Waals surface area contributed by atoms with Crippen LogP contribution in [0.3, 0.4) is 0 Å². The van der Waals surface area contributed by atoms with Crippen molar-refractivity contribution in [1.29, 1.82) is 0 Å². The van der Waals surface area contributed by atoms with Crippen LogP contribution in [0.15, 0.2) is 18.3 Å². The molecule has 0 radical (unpaired) electrons. The smallest absolute Gasteiger partial charge is 0.225 e. The predicted octanol–water partition coefficient (Wildman–Crippen LogP) is 1.60. The summed E-state index contributed by atoms with van der Waals surface area (Å²) in [5.41, 5.74) is 1.61. The highest BCUT2D eigenvalue weighted by atomic mass is 16.5. The number of aromatic nitrogens is 5. The Labute approximate surface area is 218 Å². The largest absolute Gasteiger partial charge is 0.493 e. The Kier molecular flexibility index (Phi) is 10.1. The van der Waals surface area contributed by atoms with E-state index < -0.39 is 0 Å². The molecule has 3 heterocycles. The van der Waals surface area contributed by atoms with Crippen molar-refractivity contribution in [2.24, 2.45) is 0 Å². The molecule has 0 amide bonds. The van der Waals surface area contributed by atoms with Gasteiger partial charge in [0, 0.05) is 24.0 Å². The molecule has 1 aliphatic rings. The molecule has 0 bridgehead atoms. The fraction of sp³-hybridized carbons (Fsp3) is 0.600. The van der Waals surface area contributed by atoms with Crippen LogP contribution in [-0.4, -0.2) is 85.0 Å². The van der Waals surface area contributed by atoms with Gasteiger partial charge >= 0.3 is 0 Å². The molecule has 1 aromatic carbocycles. The number of aryl methyl sites for hydroxylation is 1. The van der Waals surface area contributed by atoms with Gasteiger partial charge in [-0.05, 0) is 71.5 Å². The second kappa shape index (κ2) is 13.9. The van der Waals surface area contributed by atoms with Gasteiger partial charge in [-0.1, -0.05) is 5.21 Å². The predicted molar refractivity (Wildman–Crippen MR) is 146 cm³/mol. The van der Waals surface area contributed by atoms with Crippen LogP contribution in [0, 0.1) is 0 Å². The van der Waals surface area contributed by atoms with Crippen LogP contribution in [0.1, 0.15) is 31.4 Å². The molecule has 0 spiro atoms. The number of nitrogens with zero attached hydrogens (tertiary/aromatic N) is 5. The lowest BCUT2D eigenvalue weighted by atomic mass is 10.1.